The molecule has 0 fully saturated rings. The van der Waals surface area contributed by atoms with Crippen LogP contribution >= 0.6 is 0 Å². The van der Waals surface area contributed by atoms with Crippen LogP contribution < -0.4 is 0 Å². The molecule has 0 aliphatic rings. The number of rotatable bonds is 3. The molecular weight excluding hydrogens is 136 g/mol. The molecule has 0 aromatic carbocycles. The Morgan fingerprint density at radius 1 is 1.30 bits per heavy atom. The summed E-state index contributed by atoms with van der Waals surface area (Å²) < 4.78 is 4.55. The molecule has 0 spiro atoms. The van der Waals surface area contributed by atoms with Crippen LogP contribution in [0.2, 0.25) is 0 Å². The number of hydrogen-bond acceptors (Lipinski definition) is 4. The van der Waals surface area contributed by atoms with Crippen LogP contribution in [0, 0.1) is 0 Å². The van der Waals surface area contributed by atoms with Crippen molar-refractivity contribution in [2.24, 2.45) is 0 Å². The fraction of sp³-hybridized carbons (Fsp3) is 1.00. The first kappa shape index (κ1) is 12.5. The van der Waals surface area contributed by atoms with Gasteiger partial charge >= 0.3 is 0 Å². The molecule has 0 rings (SSSR count). The summed E-state index contributed by atoms with van der Waals surface area (Å²) in [5.74, 6) is 0. The van der Waals surface area contributed by atoms with E-state index in [1.54, 1.807) is 14.0 Å². The molecule has 0 saturated heterocycles. The molecule has 0 amide bonds. The smallest absolute Gasteiger partial charge is 0.0745 e. The molecule has 0 aromatic rings. The molecule has 4 heteroatoms. The Labute approximate surface area is 61.1 Å². The zero-order valence-corrected chi connectivity index (χ0v) is 6.45. The van der Waals surface area contributed by atoms with E-state index in [4.69, 9.17) is 15.3 Å². The van der Waals surface area contributed by atoms with Gasteiger partial charge in [-0.05, 0) is 6.92 Å². The summed E-state index contributed by atoms with van der Waals surface area (Å²) in [5, 5.41) is 23.7. The minimum Gasteiger partial charge on any atom is -0.394 e. The van der Waals surface area contributed by atoms with Gasteiger partial charge in [-0.25, -0.2) is 0 Å². The van der Waals surface area contributed by atoms with Gasteiger partial charge in [0.25, 0.3) is 0 Å². The van der Waals surface area contributed by atoms with E-state index >= 15 is 0 Å². The lowest BCUT2D eigenvalue weighted by atomic mass is 10.5. The molecule has 0 heterocycles. The largest absolute Gasteiger partial charge is 0.394 e. The van der Waals surface area contributed by atoms with Crippen molar-refractivity contribution >= 4 is 0 Å². The van der Waals surface area contributed by atoms with Crippen molar-refractivity contribution in [3.05, 3.63) is 0 Å². The molecule has 0 radical (unpaired) electrons. The van der Waals surface area contributed by atoms with E-state index in [1.165, 1.54) is 0 Å². The van der Waals surface area contributed by atoms with Gasteiger partial charge in [-0.1, -0.05) is 0 Å². The molecule has 1 unspecified atom stereocenters. The number of aliphatic hydroxyl groups is 3. The minimum atomic E-state index is -0.324. The van der Waals surface area contributed by atoms with Gasteiger partial charge in [0, 0.05) is 7.11 Å². The average molecular weight is 152 g/mol. The zero-order chi connectivity index (χ0) is 8.41. The van der Waals surface area contributed by atoms with Gasteiger partial charge in [0.2, 0.25) is 0 Å². The van der Waals surface area contributed by atoms with Gasteiger partial charge in [0.05, 0.1) is 25.9 Å². The van der Waals surface area contributed by atoms with E-state index in [1.807, 2.05) is 0 Å². The van der Waals surface area contributed by atoms with Crippen molar-refractivity contribution in [2.75, 3.05) is 26.9 Å². The van der Waals surface area contributed by atoms with Crippen molar-refractivity contribution in [3.63, 3.8) is 0 Å². The lowest BCUT2D eigenvalue weighted by Crippen LogP contribution is -2.07. The second-order valence-corrected chi connectivity index (χ2v) is 1.75. The minimum absolute atomic E-state index is 0.125. The normalized spacial score (nSPS) is 11.7. The molecule has 4 nitrogen and oxygen atoms in total. The summed E-state index contributed by atoms with van der Waals surface area (Å²) in [6, 6.07) is 0. The topological polar surface area (TPSA) is 69.9 Å². The highest BCUT2D eigenvalue weighted by molar-refractivity contribution is 4.36. The van der Waals surface area contributed by atoms with Gasteiger partial charge in [-0.15, -0.1) is 0 Å². The molecular formula is C6H16O4. The lowest BCUT2D eigenvalue weighted by Gasteiger charge is -1.97. The average Bonchev–Trinajstić information content (AvgIpc) is 1.89. The first-order valence-electron chi connectivity index (χ1n) is 3.07. The Morgan fingerprint density at radius 2 is 1.70 bits per heavy atom. The highest BCUT2D eigenvalue weighted by Gasteiger charge is 1.87. The number of aliphatic hydroxyl groups excluding tert-OH is 3. The molecule has 0 saturated carbocycles. The van der Waals surface area contributed by atoms with E-state index in [0.717, 1.165) is 0 Å². The van der Waals surface area contributed by atoms with Crippen molar-refractivity contribution in [2.45, 2.75) is 13.0 Å². The zero-order valence-electron chi connectivity index (χ0n) is 6.45. The third kappa shape index (κ3) is 24.9. The summed E-state index contributed by atoms with van der Waals surface area (Å²) in [5.41, 5.74) is 0. The molecule has 0 aliphatic carbocycles. The molecule has 64 valence electrons. The van der Waals surface area contributed by atoms with E-state index < -0.39 is 0 Å². The number of ether oxygens (including phenoxy) is 1. The standard InChI is InChI=1S/C4H10O2.C2H6O2/c1-4(5)3-6-2;3-1-2-4/h4-5H,3H2,1-2H3;3-4H,1-2H2. The summed E-state index contributed by atoms with van der Waals surface area (Å²) in [6.07, 6.45) is -0.324. The SMILES string of the molecule is COCC(C)O.OCCO. The van der Waals surface area contributed by atoms with E-state index in [-0.39, 0.29) is 19.3 Å². The second kappa shape index (κ2) is 11.6. The van der Waals surface area contributed by atoms with Gasteiger partial charge in [0.15, 0.2) is 0 Å². The Morgan fingerprint density at radius 3 is 1.70 bits per heavy atom. The van der Waals surface area contributed by atoms with Crippen LogP contribution in [-0.4, -0.2) is 48.4 Å². The third-order valence-electron chi connectivity index (χ3n) is 0.508. The van der Waals surface area contributed by atoms with Crippen LogP contribution in [0.5, 0.6) is 0 Å². The molecule has 1 atom stereocenters. The van der Waals surface area contributed by atoms with Crippen molar-refractivity contribution in [3.8, 4) is 0 Å². The summed E-state index contributed by atoms with van der Waals surface area (Å²) in [4.78, 5) is 0. The molecule has 0 aromatic heterocycles. The highest BCUT2D eigenvalue weighted by atomic mass is 16.5. The van der Waals surface area contributed by atoms with Crippen LogP contribution in [0.1, 0.15) is 6.92 Å². The highest BCUT2D eigenvalue weighted by Crippen LogP contribution is 1.75. The Kier molecular flexibility index (Phi) is 14.5. The fourth-order valence-corrected chi connectivity index (χ4v) is 0.241. The van der Waals surface area contributed by atoms with Crippen molar-refractivity contribution < 1.29 is 20.1 Å². The summed E-state index contributed by atoms with van der Waals surface area (Å²) in [6.45, 7) is 1.86. The quantitative estimate of drug-likeness (QED) is 0.484. The van der Waals surface area contributed by atoms with Gasteiger partial charge in [0.1, 0.15) is 0 Å². The van der Waals surface area contributed by atoms with E-state index in [2.05, 4.69) is 4.74 Å². The fourth-order valence-electron chi connectivity index (χ4n) is 0.241. The number of methoxy groups -OCH3 is 1. The van der Waals surface area contributed by atoms with E-state index in [9.17, 15) is 0 Å². The third-order valence-corrected chi connectivity index (χ3v) is 0.508. The monoisotopic (exact) mass is 152 g/mol. The lowest BCUT2D eigenvalue weighted by molar-refractivity contribution is 0.0765. The maximum absolute atomic E-state index is 8.43. The molecule has 0 aliphatic heterocycles. The van der Waals surface area contributed by atoms with Crippen molar-refractivity contribution in [1.29, 1.82) is 0 Å². The van der Waals surface area contributed by atoms with Gasteiger partial charge < -0.3 is 20.1 Å². The van der Waals surface area contributed by atoms with Gasteiger partial charge in [-0.2, -0.15) is 0 Å². The van der Waals surface area contributed by atoms with Crippen molar-refractivity contribution in [1.82, 2.24) is 0 Å². The van der Waals surface area contributed by atoms with Crippen LogP contribution in [-0.2, 0) is 4.74 Å². The van der Waals surface area contributed by atoms with Crippen LogP contribution in [0.3, 0.4) is 0 Å². The maximum atomic E-state index is 8.43. The second-order valence-electron chi connectivity index (χ2n) is 1.75. The first-order valence-corrected chi connectivity index (χ1v) is 3.07. The Balaban J connectivity index is 0. The Bertz CT molecular complexity index is 45.0. The molecule has 10 heavy (non-hydrogen) atoms. The first-order chi connectivity index (χ1) is 4.68. The summed E-state index contributed by atoms with van der Waals surface area (Å²) >= 11 is 0. The molecule has 3 N–H and O–H groups in total. The van der Waals surface area contributed by atoms with E-state index in [0.29, 0.717) is 6.61 Å². The summed E-state index contributed by atoms with van der Waals surface area (Å²) in [7, 11) is 1.56. The van der Waals surface area contributed by atoms with Crippen LogP contribution in [0.15, 0.2) is 0 Å². The Hall–Kier alpha value is -0.160. The van der Waals surface area contributed by atoms with Crippen LogP contribution in [0.25, 0.3) is 0 Å². The molecule has 0 bridgehead atoms. The van der Waals surface area contributed by atoms with Gasteiger partial charge in [-0.3, -0.25) is 0 Å². The predicted molar refractivity (Wildman–Crippen MR) is 37.7 cm³/mol. The predicted octanol–water partition coefficient (Wildman–Crippen LogP) is -1.02. The maximum Gasteiger partial charge on any atom is 0.0745 e. The number of hydrogen-bond donors (Lipinski definition) is 3. The van der Waals surface area contributed by atoms with Crippen LogP contribution in [0.4, 0.5) is 0 Å².